The van der Waals surface area contributed by atoms with Crippen molar-refractivity contribution in [3.8, 4) is 0 Å². The third kappa shape index (κ3) is 4.07. The van der Waals surface area contributed by atoms with Gasteiger partial charge in [0.1, 0.15) is 0 Å². The van der Waals surface area contributed by atoms with Crippen LogP contribution >= 0.6 is 0 Å². The van der Waals surface area contributed by atoms with Crippen molar-refractivity contribution in [2.24, 2.45) is 11.8 Å². The standard InChI is InChI=1S/C22H25N3O5S/c1-15-10-16(2)14-23(13-15)31(29,30)20-5-3-4-18(11-20)22(26)24-9-8-17-6-7-19(25(27)28)12-21(17)24/h3-7,11-12,15-16H,8-10,13-14H2,1-2H3. The molecule has 0 aromatic heterocycles. The van der Waals surface area contributed by atoms with E-state index in [0.717, 1.165) is 12.0 Å². The molecule has 1 saturated heterocycles. The molecule has 4 rings (SSSR count). The van der Waals surface area contributed by atoms with Crippen molar-refractivity contribution >= 4 is 27.3 Å². The summed E-state index contributed by atoms with van der Waals surface area (Å²) in [6, 6.07) is 10.6. The third-order valence-corrected chi connectivity index (χ3v) is 7.80. The Morgan fingerprint density at radius 3 is 2.48 bits per heavy atom. The summed E-state index contributed by atoms with van der Waals surface area (Å²) < 4.78 is 27.9. The van der Waals surface area contributed by atoms with Gasteiger partial charge in [0.25, 0.3) is 11.6 Å². The quantitative estimate of drug-likeness (QED) is 0.532. The molecule has 0 N–H and O–H groups in total. The number of amides is 1. The van der Waals surface area contributed by atoms with Crippen LogP contribution in [0.2, 0.25) is 0 Å². The largest absolute Gasteiger partial charge is 0.307 e. The smallest absolute Gasteiger partial charge is 0.271 e. The highest BCUT2D eigenvalue weighted by Crippen LogP contribution is 2.33. The lowest BCUT2D eigenvalue weighted by atomic mass is 9.94. The van der Waals surface area contributed by atoms with Gasteiger partial charge in [-0.2, -0.15) is 4.31 Å². The zero-order valence-electron chi connectivity index (χ0n) is 17.5. The fourth-order valence-electron chi connectivity index (χ4n) is 4.59. The first-order chi connectivity index (χ1) is 14.7. The van der Waals surface area contributed by atoms with Crippen molar-refractivity contribution < 1.29 is 18.1 Å². The van der Waals surface area contributed by atoms with Crippen LogP contribution in [0.25, 0.3) is 0 Å². The summed E-state index contributed by atoms with van der Waals surface area (Å²) >= 11 is 0. The van der Waals surface area contributed by atoms with Crippen LogP contribution in [0.1, 0.15) is 36.2 Å². The van der Waals surface area contributed by atoms with E-state index in [-0.39, 0.29) is 33.9 Å². The van der Waals surface area contributed by atoms with E-state index >= 15 is 0 Å². The molecule has 8 nitrogen and oxygen atoms in total. The van der Waals surface area contributed by atoms with Gasteiger partial charge in [-0.15, -0.1) is 0 Å². The molecule has 2 heterocycles. The van der Waals surface area contributed by atoms with Gasteiger partial charge >= 0.3 is 0 Å². The summed E-state index contributed by atoms with van der Waals surface area (Å²) in [4.78, 5) is 25.4. The van der Waals surface area contributed by atoms with Crippen molar-refractivity contribution in [3.63, 3.8) is 0 Å². The number of hydrogen-bond donors (Lipinski definition) is 0. The number of carbonyl (C=O) groups is 1. The molecule has 0 bridgehead atoms. The summed E-state index contributed by atoms with van der Waals surface area (Å²) in [5, 5.41) is 11.1. The maximum atomic E-state index is 13.2. The Labute approximate surface area is 181 Å². The van der Waals surface area contributed by atoms with Crippen molar-refractivity contribution in [3.05, 3.63) is 63.7 Å². The van der Waals surface area contributed by atoms with E-state index in [0.29, 0.717) is 31.7 Å². The number of hydrogen-bond acceptors (Lipinski definition) is 5. The molecule has 0 spiro atoms. The fraction of sp³-hybridized carbons (Fsp3) is 0.409. The molecule has 31 heavy (non-hydrogen) atoms. The first-order valence-corrected chi connectivity index (χ1v) is 11.8. The minimum Gasteiger partial charge on any atom is -0.307 e. The molecule has 0 aliphatic carbocycles. The highest BCUT2D eigenvalue weighted by molar-refractivity contribution is 7.89. The number of benzene rings is 2. The molecule has 2 aromatic rings. The third-order valence-electron chi connectivity index (χ3n) is 5.97. The van der Waals surface area contributed by atoms with Crippen LogP contribution in [0.4, 0.5) is 11.4 Å². The summed E-state index contributed by atoms with van der Waals surface area (Å²) in [7, 11) is -3.71. The predicted molar refractivity (Wildman–Crippen MR) is 117 cm³/mol. The fourth-order valence-corrected chi connectivity index (χ4v) is 6.31. The number of carbonyl (C=O) groups excluding carboxylic acids is 1. The summed E-state index contributed by atoms with van der Waals surface area (Å²) in [5.74, 6) is 0.192. The van der Waals surface area contributed by atoms with Gasteiger partial charge in [0.05, 0.1) is 15.5 Å². The second kappa shape index (κ2) is 8.05. The van der Waals surface area contributed by atoms with E-state index in [4.69, 9.17) is 0 Å². The SMILES string of the molecule is CC1CC(C)CN(S(=O)(=O)c2cccc(C(=O)N3CCc4ccc([N+](=O)[O-])cc43)c2)C1. The van der Waals surface area contributed by atoms with Crippen molar-refractivity contribution in [2.75, 3.05) is 24.5 Å². The van der Waals surface area contributed by atoms with Crippen LogP contribution in [0.15, 0.2) is 47.4 Å². The lowest BCUT2D eigenvalue weighted by Gasteiger charge is -2.34. The molecule has 1 fully saturated rings. The Morgan fingerprint density at radius 1 is 1.10 bits per heavy atom. The number of nitro groups is 1. The molecule has 0 radical (unpaired) electrons. The highest BCUT2D eigenvalue weighted by Gasteiger charge is 2.33. The lowest BCUT2D eigenvalue weighted by Crippen LogP contribution is -2.42. The average molecular weight is 444 g/mol. The van der Waals surface area contributed by atoms with Crippen LogP contribution in [-0.4, -0.2) is 43.2 Å². The molecule has 164 valence electrons. The molecule has 2 aliphatic rings. The van der Waals surface area contributed by atoms with E-state index in [2.05, 4.69) is 0 Å². The second-order valence-electron chi connectivity index (χ2n) is 8.57. The van der Waals surface area contributed by atoms with E-state index in [1.54, 1.807) is 18.2 Å². The number of fused-ring (bicyclic) bond motifs is 1. The second-order valence-corrected chi connectivity index (χ2v) is 10.5. The molecular weight excluding hydrogens is 418 g/mol. The molecule has 9 heteroatoms. The minimum atomic E-state index is -3.71. The van der Waals surface area contributed by atoms with Crippen LogP contribution in [0.5, 0.6) is 0 Å². The van der Waals surface area contributed by atoms with Gasteiger partial charge in [0.2, 0.25) is 10.0 Å². The Kier molecular flexibility index (Phi) is 5.57. The molecule has 2 atom stereocenters. The van der Waals surface area contributed by atoms with Gasteiger partial charge in [-0.25, -0.2) is 8.42 Å². The van der Waals surface area contributed by atoms with Crippen LogP contribution < -0.4 is 4.90 Å². The maximum absolute atomic E-state index is 13.2. The first kappa shape index (κ1) is 21.5. The highest BCUT2D eigenvalue weighted by atomic mass is 32.2. The molecular formula is C22H25N3O5S. The number of anilines is 1. The van der Waals surface area contributed by atoms with Crippen LogP contribution in [0, 0.1) is 22.0 Å². The van der Waals surface area contributed by atoms with Crippen LogP contribution in [-0.2, 0) is 16.4 Å². The topological polar surface area (TPSA) is 101 Å². The van der Waals surface area contributed by atoms with E-state index in [9.17, 15) is 23.3 Å². The summed E-state index contributed by atoms with van der Waals surface area (Å²) in [6.07, 6.45) is 1.59. The van der Waals surface area contributed by atoms with Gasteiger partial charge < -0.3 is 4.90 Å². The Bertz CT molecular complexity index is 1140. The molecule has 1 amide bonds. The molecule has 2 aliphatic heterocycles. The zero-order chi connectivity index (χ0) is 22.3. The summed E-state index contributed by atoms with van der Waals surface area (Å²) in [5.41, 5.74) is 1.53. The first-order valence-electron chi connectivity index (χ1n) is 10.4. The van der Waals surface area contributed by atoms with Gasteiger partial charge in [0.15, 0.2) is 0 Å². The van der Waals surface area contributed by atoms with Crippen molar-refractivity contribution in [2.45, 2.75) is 31.6 Å². The predicted octanol–water partition coefficient (Wildman–Crippen LogP) is 3.46. The molecule has 0 saturated carbocycles. The van der Waals surface area contributed by atoms with E-state index in [1.807, 2.05) is 13.8 Å². The lowest BCUT2D eigenvalue weighted by molar-refractivity contribution is -0.384. The van der Waals surface area contributed by atoms with Crippen molar-refractivity contribution in [1.82, 2.24) is 4.31 Å². The Hall–Kier alpha value is -2.78. The normalized spacial score (nSPS) is 21.7. The average Bonchev–Trinajstić information content (AvgIpc) is 3.15. The molecule has 2 unspecified atom stereocenters. The Morgan fingerprint density at radius 2 is 1.81 bits per heavy atom. The number of rotatable bonds is 4. The number of piperidine rings is 1. The molecule has 2 aromatic carbocycles. The zero-order valence-corrected chi connectivity index (χ0v) is 18.3. The number of nitrogens with zero attached hydrogens (tertiary/aromatic N) is 3. The van der Waals surface area contributed by atoms with Gasteiger partial charge in [-0.1, -0.05) is 26.0 Å². The summed E-state index contributed by atoms with van der Waals surface area (Å²) in [6.45, 7) is 5.42. The monoisotopic (exact) mass is 443 g/mol. The van der Waals surface area contributed by atoms with Gasteiger partial charge in [0, 0.05) is 37.3 Å². The maximum Gasteiger partial charge on any atom is 0.271 e. The van der Waals surface area contributed by atoms with Crippen LogP contribution in [0.3, 0.4) is 0 Å². The number of nitro benzene ring substituents is 1. The number of non-ortho nitro benzene ring substituents is 1. The Balaban J connectivity index is 1.63. The van der Waals surface area contributed by atoms with Gasteiger partial charge in [-0.3, -0.25) is 14.9 Å². The van der Waals surface area contributed by atoms with E-state index in [1.165, 1.54) is 33.5 Å². The van der Waals surface area contributed by atoms with E-state index < -0.39 is 14.9 Å². The van der Waals surface area contributed by atoms with Crippen molar-refractivity contribution in [1.29, 1.82) is 0 Å². The number of sulfonamides is 1. The minimum absolute atomic E-state index is 0.0804. The van der Waals surface area contributed by atoms with Gasteiger partial charge in [-0.05, 0) is 48.4 Å².